The number of hydrogen-bond donors (Lipinski definition) is 0. The van der Waals surface area contributed by atoms with Crippen LogP contribution in [0.3, 0.4) is 0 Å². The number of ether oxygens (including phenoxy) is 3. The lowest BCUT2D eigenvalue weighted by molar-refractivity contribution is -0.167. The van der Waals surface area contributed by atoms with Gasteiger partial charge in [-0.15, -0.1) is 0 Å². The van der Waals surface area contributed by atoms with Crippen molar-refractivity contribution in [3.63, 3.8) is 0 Å². The maximum absolute atomic E-state index is 12.9. The maximum atomic E-state index is 12.9. The molecule has 6 nitrogen and oxygen atoms in total. The molecule has 0 rings (SSSR count). The Balaban J connectivity index is 4.38. The van der Waals surface area contributed by atoms with Gasteiger partial charge < -0.3 is 14.2 Å². The first kappa shape index (κ1) is 74.8. The lowest BCUT2D eigenvalue weighted by Crippen LogP contribution is -2.30. The van der Waals surface area contributed by atoms with Crippen LogP contribution in [0.15, 0.2) is 170 Å². The lowest BCUT2D eigenvalue weighted by Gasteiger charge is -2.18. The molecule has 0 spiro atoms. The molecule has 0 aliphatic carbocycles. The molecule has 0 radical (unpaired) electrons. The van der Waals surface area contributed by atoms with Crippen molar-refractivity contribution in [2.24, 2.45) is 0 Å². The highest BCUT2D eigenvalue weighted by molar-refractivity contribution is 5.71. The van der Waals surface area contributed by atoms with Crippen LogP contribution in [0.4, 0.5) is 0 Å². The first-order chi connectivity index (χ1) is 39.5. The summed E-state index contributed by atoms with van der Waals surface area (Å²) in [7, 11) is 0. The van der Waals surface area contributed by atoms with Crippen molar-refractivity contribution in [3.8, 4) is 0 Å². The van der Waals surface area contributed by atoms with Gasteiger partial charge in [0.1, 0.15) is 13.2 Å². The van der Waals surface area contributed by atoms with E-state index in [0.29, 0.717) is 19.3 Å². The molecule has 0 amide bonds. The van der Waals surface area contributed by atoms with Crippen molar-refractivity contribution in [2.75, 3.05) is 13.2 Å². The molecule has 0 aromatic carbocycles. The smallest absolute Gasteiger partial charge is 0.306 e. The second-order valence-corrected chi connectivity index (χ2v) is 20.6. The second-order valence-electron chi connectivity index (χ2n) is 20.6. The van der Waals surface area contributed by atoms with E-state index in [1.54, 1.807) is 0 Å². The van der Waals surface area contributed by atoms with Crippen molar-refractivity contribution in [2.45, 2.75) is 264 Å². The van der Waals surface area contributed by atoms with Gasteiger partial charge in [0.2, 0.25) is 0 Å². The van der Waals surface area contributed by atoms with Gasteiger partial charge in [0.15, 0.2) is 6.10 Å². The molecule has 0 saturated carbocycles. The molecule has 1 atom stereocenters. The largest absolute Gasteiger partial charge is 0.462 e. The van der Waals surface area contributed by atoms with Crippen LogP contribution in [0.5, 0.6) is 0 Å². The SMILES string of the molecule is CC/C=C\C/C=C\C/C=C\C/C=C\C/C=C\C/C=C\C/C=C\C/C=C\C/C=C\C/C=C\CCCCC(=O)OCC(COC(=O)CCCCCCC/C=C\CCC)OC(=O)CCCCCCCC/C=C\C/C=C\C/C=C\CCCCC. The number of unbranched alkanes of at least 4 members (excludes halogenated alkanes) is 17. The predicted octanol–water partition coefficient (Wildman–Crippen LogP) is 22.3. The third-order valence-electron chi connectivity index (χ3n) is 12.9. The summed E-state index contributed by atoms with van der Waals surface area (Å²) >= 11 is 0. The summed E-state index contributed by atoms with van der Waals surface area (Å²) in [4.78, 5) is 38.2. The summed E-state index contributed by atoms with van der Waals surface area (Å²) in [6.45, 7) is 6.37. The van der Waals surface area contributed by atoms with Crippen molar-refractivity contribution in [3.05, 3.63) is 170 Å². The molecule has 80 heavy (non-hydrogen) atoms. The number of esters is 3. The van der Waals surface area contributed by atoms with Gasteiger partial charge in [-0.25, -0.2) is 0 Å². The van der Waals surface area contributed by atoms with Crippen molar-refractivity contribution >= 4 is 17.9 Å². The quantitative estimate of drug-likeness (QED) is 0.0261. The van der Waals surface area contributed by atoms with E-state index in [2.05, 4.69) is 191 Å². The molecule has 0 heterocycles. The minimum atomic E-state index is -0.815. The van der Waals surface area contributed by atoms with Gasteiger partial charge in [-0.05, 0) is 154 Å². The minimum Gasteiger partial charge on any atom is -0.462 e. The zero-order chi connectivity index (χ0) is 57.8. The summed E-state index contributed by atoms with van der Waals surface area (Å²) < 4.78 is 16.8. The third kappa shape index (κ3) is 63.6. The molecule has 0 saturated heterocycles. The molecule has 0 fully saturated rings. The molecule has 0 N–H and O–H groups in total. The highest BCUT2D eigenvalue weighted by Crippen LogP contribution is 2.13. The summed E-state index contributed by atoms with van der Waals surface area (Å²) in [6.07, 6.45) is 98.0. The van der Waals surface area contributed by atoms with Crippen molar-refractivity contribution in [1.29, 1.82) is 0 Å². The Labute approximate surface area is 492 Å². The molecule has 0 aliphatic heterocycles. The van der Waals surface area contributed by atoms with E-state index in [4.69, 9.17) is 14.2 Å². The van der Waals surface area contributed by atoms with Gasteiger partial charge in [0.05, 0.1) is 0 Å². The zero-order valence-corrected chi connectivity index (χ0v) is 51.3. The fourth-order valence-electron chi connectivity index (χ4n) is 8.13. The standard InChI is InChI=1S/C74H116O6/c1-4-7-10-13-16-19-22-24-26-28-30-31-32-33-34-35-36-37-38-39-40-41-42-43-45-46-48-50-52-55-58-61-64-67-73(76)79-70-71(69-78-72(75)66-63-60-57-54-21-18-15-12-9-6-3)80-74(77)68-65-62-59-56-53-51-49-47-44-29-27-25-23-20-17-14-11-8-5-2/h7,10,12,15-17,19-20,24-27,30-31,33-34,36-37,39-40,42-44,46-48,52,55,71H,4-6,8-9,11,13-14,18,21-23,28-29,32,35,38,41,45,49-51,53-54,56-70H2,1-3H3/b10-7-,15-12-,19-16-,20-17-,26-24-,27-25-,31-30-,34-33-,37-36-,40-39-,43-42-,47-44-,48-46-,55-52-. The molecular formula is C74H116O6. The van der Waals surface area contributed by atoms with E-state index in [0.717, 1.165) is 161 Å². The maximum Gasteiger partial charge on any atom is 0.306 e. The van der Waals surface area contributed by atoms with E-state index >= 15 is 0 Å². The summed E-state index contributed by atoms with van der Waals surface area (Å²) in [5.74, 6) is -0.984. The Morgan fingerprint density at radius 3 is 0.850 bits per heavy atom. The lowest BCUT2D eigenvalue weighted by atomic mass is 10.1. The van der Waals surface area contributed by atoms with Crippen LogP contribution in [0.1, 0.15) is 258 Å². The number of hydrogen-bond acceptors (Lipinski definition) is 6. The summed E-state index contributed by atoms with van der Waals surface area (Å²) in [5.41, 5.74) is 0. The molecule has 0 bridgehead atoms. The number of carbonyl (C=O) groups is 3. The van der Waals surface area contributed by atoms with Gasteiger partial charge in [-0.1, -0.05) is 255 Å². The normalized spacial score (nSPS) is 13.3. The van der Waals surface area contributed by atoms with E-state index in [-0.39, 0.29) is 37.5 Å². The summed E-state index contributed by atoms with van der Waals surface area (Å²) in [5, 5.41) is 0. The first-order valence-electron chi connectivity index (χ1n) is 32.1. The van der Waals surface area contributed by atoms with E-state index in [1.165, 1.54) is 51.4 Å². The molecule has 0 aromatic rings. The molecule has 1 unspecified atom stereocenters. The number of allylic oxidation sites excluding steroid dienone is 28. The fraction of sp³-hybridized carbons (Fsp3) is 0.581. The van der Waals surface area contributed by atoms with Crippen LogP contribution in [0.25, 0.3) is 0 Å². The Kier molecular flexibility index (Phi) is 61.9. The highest BCUT2D eigenvalue weighted by Gasteiger charge is 2.19. The number of carbonyl (C=O) groups excluding carboxylic acids is 3. The van der Waals surface area contributed by atoms with Crippen LogP contribution in [-0.4, -0.2) is 37.2 Å². The molecule has 0 aromatic heterocycles. The van der Waals surface area contributed by atoms with Crippen molar-refractivity contribution in [1.82, 2.24) is 0 Å². The van der Waals surface area contributed by atoms with Gasteiger partial charge >= 0.3 is 17.9 Å². The average molecular weight is 1100 g/mol. The van der Waals surface area contributed by atoms with E-state index in [1.807, 2.05) is 0 Å². The van der Waals surface area contributed by atoms with Gasteiger partial charge in [0, 0.05) is 19.3 Å². The molecule has 0 aliphatic rings. The Hall–Kier alpha value is -5.23. The van der Waals surface area contributed by atoms with E-state index < -0.39 is 6.10 Å². The van der Waals surface area contributed by atoms with Crippen LogP contribution >= 0.6 is 0 Å². The monoisotopic (exact) mass is 1100 g/mol. The van der Waals surface area contributed by atoms with Gasteiger partial charge in [-0.3, -0.25) is 14.4 Å². The molecule has 448 valence electrons. The summed E-state index contributed by atoms with van der Waals surface area (Å²) in [6, 6.07) is 0. The third-order valence-corrected chi connectivity index (χ3v) is 12.9. The Morgan fingerprint density at radius 2 is 0.512 bits per heavy atom. The fourth-order valence-corrected chi connectivity index (χ4v) is 8.13. The van der Waals surface area contributed by atoms with Gasteiger partial charge in [-0.2, -0.15) is 0 Å². The second kappa shape index (κ2) is 66.3. The Bertz CT molecular complexity index is 1840. The average Bonchev–Trinajstić information content (AvgIpc) is 3.46. The highest BCUT2D eigenvalue weighted by atomic mass is 16.6. The van der Waals surface area contributed by atoms with Crippen LogP contribution < -0.4 is 0 Å². The number of rotatable bonds is 56. The van der Waals surface area contributed by atoms with Gasteiger partial charge in [0.25, 0.3) is 0 Å². The zero-order valence-electron chi connectivity index (χ0n) is 51.3. The van der Waals surface area contributed by atoms with Crippen molar-refractivity contribution < 1.29 is 28.6 Å². The van der Waals surface area contributed by atoms with Crippen LogP contribution in [0.2, 0.25) is 0 Å². The first-order valence-corrected chi connectivity index (χ1v) is 32.1. The topological polar surface area (TPSA) is 78.9 Å². The van der Waals surface area contributed by atoms with Crippen LogP contribution in [-0.2, 0) is 28.6 Å². The van der Waals surface area contributed by atoms with E-state index in [9.17, 15) is 14.4 Å². The molecular weight excluding hydrogens is 985 g/mol. The minimum absolute atomic E-state index is 0.109. The predicted molar refractivity (Wildman–Crippen MR) is 348 cm³/mol. The molecule has 6 heteroatoms. The van der Waals surface area contributed by atoms with Crippen LogP contribution in [0, 0.1) is 0 Å². The Morgan fingerprint density at radius 1 is 0.263 bits per heavy atom.